The summed E-state index contributed by atoms with van der Waals surface area (Å²) in [7, 11) is 0. The molecule has 0 fully saturated rings. The molecule has 7 nitrogen and oxygen atoms in total. The molecular weight excluding hydrogens is 314 g/mol. The number of primary amides is 1. The molecule has 0 saturated carbocycles. The third kappa shape index (κ3) is 4.10. The van der Waals surface area contributed by atoms with Crippen LogP contribution in [0.2, 0.25) is 0 Å². The zero-order valence-electron chi connectivity index (χ0n) is 13.2. The van der Waals surface area contributed by atoms with E-state index >= 15 is 0 Å². The van der Waals surface area contributed by atoms with Crippen LogP contribution in [0, 0.1) is 12.8 Å². The number of thioether (sulfide) groups is 1. The van der Waals surface area contributed by atoms with Crippen molar-refractivity contribution in [1.29, 1.82) is 0 Å². The number of imide groups is 1. The number of carbonyl (C=O) groups is 2. The molecule has 0 aliphatic heterocycles. The second kappa shape index (κ2) is 7.28. The highest BCUT2D eigenvalue weighted by Crippen LogP contribution is 2.29. The number of aromatic nitrogens is 3. The standard InChI is InChI=1S/C15H19N5O2S/c1-9(2)12(13(21)17-14(16)22)23-15-19-18-10(3)20(15)11-7-5-4-6-8-11/h4-9,12H,1-3H3,(H3,16,17,21,22)/t12-/m0/s1. The van der Waals surface area contributed by atoms with Gasteiger partial charge in [-0.25, -0.2) is 4.79 Å². The first-order valence-electron chi connectivity index (χ1n) is 7.14. The van der Waals surface area contributed by atoms with Crippen LogP contribution in [0.25, 0.3) is 5.69 Å². The highest BCUT2D eigenvalue weighted by molar-refractivity contribution is 8.00. The van der Waals surface area contributed by atoms with E-state index in [4.69, 9.17) is 5.73 Å². The van der Waals surface area contributed by atoms with Crippen molar-refractivity contribution in [3.8, 4) is 5.69 Å². The molecule has 0 bridgehead atoms. The summed E-state index contributed by atoms with van der Waals surface area (Å²) in [4.78, 5) is 23.1. The average Bonchev–Trinajstić information content (AvgIpc) is 2.85. The molecule has 3 N–H and O–H groups in total. The van der Waals surface area contributed by atoms with Crippen LogP contribution in [0.5, 0.6) is 0 Å². The molecule has 3 amide bonds. The number of nitrogens with one attached hydrogen (secondary N) is 1. The molecule has 122 valence electrons. The van der Waals surface area contributed by atoms with Crippen LogP contribution in [0.1, 0.15) is 19.7 Å². The fraction of sp³-hybridized carbons (Fsp3) is 0.333. The van der Waals surface area contributed by atoms with E-state index in [9.17, 15) is 9.59 Å². The van der Waals surface area contributed by atoms with Gasteiger partial charge in [0.15, 0.2) is 5.16 Å². The normalized spacial score (nSPS) is 12.2. The van der Waals surface area contributed by atoms with Gasteiger partial charge in [0.25, 0.3) is 0 Å². The number of hydrogen-bond donors (Lipinski definition) is 2. The fourth-order valence-corrected chi connectivity index (χ4v) is 3.19. The summed E-state index contributed by atoms with van der Waals surface area (Å²) >= 11 is 1.26. The second-order valence-corrected chi connectivity index (χ2v) is 6.45. The van der Waals surface area contributed by atoms with Crippen molar-refractivity contribution < 1.29 is 9.59 Å². The fourth-order valence-electron chi connectivity index (χ4n) is 2.09. The zero-order chi connectivity index (χ0) is 17.0. The maximum Gasteiger partial charge on any atom is 0.318 e. The van der Waals surface area contributed by atoms with Crippen LogP contribution in [0.15, 0.2) is 35.5 Å². The molecule has 1 aromatic heterocycles. The lowest BCUT2D eigenvalue weighted by atomic mass is 10.1. The second-order valence-electron chi connectivity index (χ2n) is 5.34. The minimum Gasteiger partial charge on any atom is -0.351 e. The number of rotatable bonds is 5. The van der Waals surface area contributed by atoms with Crippen LogP contribution >= 0.6 is 11.8 Å². The Morgan fingerprint density at radius 2 is 1.87 bits per heavy atom. The summed E-state index contributed by atoms with van der Waals surface area (Å²) < 4.78 is 1.87. The number of hydrogen-bond acceptors (Lipinski definition) is 5. The van der Waals surface area contributed by atoms with Crippen molar-refractivity contribution in [2.75, 3.05) is 0 Å². The number of para-hydroxylation sites is 1. The molecule has 2 rings (SSSR count). The first-order chi connectivity index (χ1) is 10.9. The largest absolute Gasteiger partial charge is 0.351 e. The van der Waals surface area contributed by atoms with Gasteiger partial charge in [-0.1, -0.05) is 43.8 Å². The Morgan fingerprint density at radius 3 is 2.43 bits per heavy atom. The molecule has 2 aromatic rings. The van der Waals surface area contributed by atoms with E-state index in [1.165, 1.54) is 11.8 Å². The van der Waals surface area contributed by atoms with E-state index in [-0.39, 0.29) is 5.92 Å². The Kier molecular flexibility index (Phi) is 5.38. The molecule has 0 saturated heterocycles. The third-order valence-corrected chi connectivity index (χ3v) is 4.64. The number of nitrogens with two attached hydrogens (primary N) is 1. The predicted molar refractivity (Wildman–Crippen MR) is 88.3 cm³/mol. The van der Waals surface area contributed by atoms with Gasteiger partial charge in [0.05, 0.1) is 5.25 Å². The van der Waals surface area contributed by atoms with E-state index in [0.29, 0.717) is 5.16 Å². The lowest BCUT2D eigenvalue weighted by Crippen LogP contribution is -2.42. The minimum atomic E-state index is -0.859. The molecule has 0 aliphatic rings. The highest BCUT2D eigenvalue weighted by Gasteiger charge is 2.27. The maximum absolute atomic E-state index is 12.2. The van der Waals surface area contributed by atoms with Gasteiger partial charge in [-0.3, -0.25) is 14.7 Å². The van der Waals surface area contributed by atoms with Gasteiger partial charge < -0.3 is 5.73 Å². The summed E-state index contributed by atoms with van der Waals surface area (Å²) in [6.07, 6.45) is 0. The van der Waals surface area contributed by atoms with E-state index in [2.05, 4.69) is 15.5 Å². The van der Waals surface area contributed by atoms with Crippen molar-refractivity contribution in [3.63, 3.8) is 0 Å². The van der Waals surface area contributed by atoms with Crippen molar-refractivity contribution in [3.05, 3.63) is 36.2 Å². The van der Waals surface area contributed by atoms with Gasteiger partial charge in [-0.05, 0) is 25.0 Å². The molecule has 0 radical (unpaired) electrons. The van der Waals surface area contributed by atoms with Gasteiger partial charge in [0.1, 0.15) is 5.82 Å². The number of urea groups is 1. The average molecular weight is 333 g/mol. The first kappa shape index (κ1) is 17.0. The van der Waals surface area contributed by atoms with E-state index in [1.54, 1.807) is 0 Å². The van der Waals surface area contributed by atoms with Crippen molar-refractivity contribution in [2.45, 2.75) is 31.2 Å². The van der Waals surface area contributed by atoms with E-state index in [0.717, 1.165) is 11.5 Å². The molecule has 1 atom stereocenters. The lowest BCUT2D eigenvalue weighted by molar-refractivity contribution is -0.120. The molecule has 8 heteroatoms. The quantitative estimate of drug-likeness (QED) is 0.813. The van der Waals surface area contributed by atoms with Gasteiger partial charge in [-0.15, -0.1) is 10.2 Å². The van der Waals surface area contributed by atoms with Crippen LogP contribution in [0.3, 0.4) is 0 Å². The molecule has 23 heavy (non-hydrogen) atoms. The molecule has 1 heterocycles. The summed E-state index contributed by atoms with van der Waals surface area (Å²) in [6, 6.07) is 8.78. The monoisotopic (exact) mass is 333 g/mol. The van der Waals surface area contributed by atoms with Crippen LogP contribution < -0.4 is 11.1 Å². The number of carbonyl (C=O) groups excluding carboxylic acids is 2. The molecule has 0 unspecified atom stereocenters. The van der Waals surface area contributed by atoms with Crippen LogP contribution in [0.4, 0.5) is 4.79 Å². The number of amides is 3. The third-order valence-electron chi connectivity index (χ3n) is 3.15. The van der Waals surface area contributed by atoms with Crippen molar-refractivity contribution in [1.82, 2.24) is 20.1 Å². The number of aryl methyl sites for hydroxylation is 1. The SMILES string of the molecule is Cc1nnc(S[C@H](C(=O)NC(N)=O)C(C)C)n1-c1ccccc1. The van der Waals surface area contributed by atoms with Crippen LogP contribution in [-0.4, -0.2) is 32.0 Å². The Labute approximate surface area is 138 Å². The smallest absolute Gasteiger partial charge is 0.318 e. The number of benzene rings is 1. The van der Waals surface area contributed by atoms with Crippen LogP contribution in [-0.2, 0) is 4.79 Å². The predicted octanol–water partition coefficient (Wildman–Crippen LogP) is 1.89. The van der Waals surface area contributed by atoms with Crippen molar-refractivity contribution in [2.24, 2.45) is 11.7 Å². The Hall–Kier alpha value is -2.35. The lowest BCUT2D eigenvalue weighted by Gasteiger charge is -2.18. The summed E-state index contributed by atoms with van der Waals surface area (Å²) in [5.41, 5.74) is 5.95. The Balaban J connectivity index is 2.31. The topological polar surface area (TPSA) is 103 Å². The van der Waals surface area contributed by atoms with Crippen molar-refractivity contribution >= 4 is 23.7 Å². The molecule has 0 aliphatic carbocycles. The Bertz CT molecular complexity index is 699. The van der Waals surface area contributed by atoms with Gasteiger partial charge >= 0.3 is 6.03 Å². The summed E-state index contributed by atoms with van der Waals surface area (Å²) in [5, 5.41) is 10.5. The Morgan fingerprint density at radius 1 is 1.22 bits per heavy atom. The maximum atomic E-state index is 12.2. The summed E-state index contributed by atoms with van der Waals surface area (Å²) in [6.45, 7) is 5.64. The van der Waals surface area contributed by atoms with E-state index < -0.39 is 17.2 Å². The molecular formula is C15H19N5O2S. The summed E-state index contributed by atoms with van der Waals surface area (Å²) in [5.74, 6) is 0.273. The van der Waals surface area contributed by atoms with Gasteiger partial charge in [-0.2, -0.15) is 0 Å². The minimum absolute atomic E-state index is 0.0134. The molecule has 0 spiro atoms. The van der Waals surface area contributed by atoms with E-state index in [1.807, 2.05) is 55.7 Å². The molecule has 1 aromatic carbocycles. The van der Waals surface area contributed by atoms with Gasteiger partial charge in [0.2, 0.25) is 5.91 Å². The highest BCUT2D eigenvalue weighted by atomic mass is 32.2. The number of nitrogens with zero attached hydrogens (tertiary/aromatic N) is 3. The first-order valence-corrected chi connectivity index (χ1v) is 8.02. The zero-order valence-corrected chi connectivity index (χ0v) is 14.0. The van der Waals surface area contributed by atoms with Gasteiger partial charge in [0, 0.05) is 5.69 Å².